The SMILES string of the molecule is CC(C)(C)NCc1cccc(/C(N)=N/O)c1F. The molecule has 0 amide bonds. The van der Waals surface area contributed by atoms with Gasteiger partial charge < -0.3 is 16.3 Å². The molecule has 0 bridgehead atoms. The summed E-state index contributed by atoms with van der Waals surface area (Å²) in [6, 6.07) is 4.82. The lowest BCUT2D eigenvalue weighted by molar-refractivity contribution is 0.318. The van der Waals surface area contributed by atoms with Crippen LogP contribution in [0.2, 0.25) is 0 Å². The van der Waals surface area contributed by atoms with Crippen molar-refractivity contribution < 1.29 is 9.60 Å². The molecule has 4 nitrogen and oxygen atoms in total. The van der Waals surface area contributed by atoms with Crippen LogP contribution in [0.3, 0.4) is 0 Å². The Labute approximate surface area is 100 Å². The number of hydrogen-bond acceptors (Lipinski definition) is 3. The molecule has 5 heteroatoms. The van der Waals surface area contributed by atoms with Gasteiger partial charge in [-0.25, -0.2) is 4.39 Å². The van der Waals surface area contributed by atoms with E-state index in [0.29, 0.717) is 12.1 Å². The van der Waals surface area contributed by atoms with E-state index in [4.69, 9.17) is 10.9 Å². The fourth-order valence-electron chi connectivity index (χ4n) is 1.33. The number of nitrogens with two attached hydrogens (primary N) is 1. The Balaban J connectivity index is 2.95. The third-order valence-electron chi connectivity index (χ3n) is 2.27. The average molecular weight is 239 g/mol. The molecule has 0 saturated heterocycles. The van der Waals surface area contributed by atoms with Gasteiger partial charge in [-0.3, -0.25) is 0 Å². The summed E-state index contributed by atoms with van der Waals surface area (Å²) in [6.07, 6.45) is 0. The standard InChI is InChI=1S/C12H18FN3O/c1-12(2,3)15-7-8-5-4-6-9(10(8)13)11(14)16-17/h4-6,15,17H,7H2,1-3H3,(H2,14,16). The van der Waals surface area contributed by atoms with Crippen LogP contribution in [0, 0.1) is 5.82 Å². The molecule has 0 saturated carbocycles. The molecule has 0 spiro atoms. The van der Waals surface area contributed by atoms with Crippen LogP contribution in [0.15, 0.2) is 23.4 Å². The molecule has 0 fully saturated rings. The maximum absolute atomic E-state index is 14.0. The number of nitrogens with one attached hydrogen (secondary N) is 1. The third kappa shape index (κ3) is 3.71. The molecule has 1 aromatic carbocycles. The zero-order valence-corrected chi connectivity index (χ0v) is 10.3. The van der Waals surface area contributed by atoms with Gasteiger partial charge in [0.1, 0.15) is 5.82 Å². The smallest absolute Gasteiger partial charge is 0.173 e. The predicted octanol–water partition coefficient (Wildman–Crippen LogP) is 1.81. The summed E-state index contributed by atoms with van der Waals surface area (Å²) >= 11 is 0. The Kier molecular flexibility index (Phi) is 4.07. The number of hydrogen-bond donors (Lipinski definition) is 3. The van der Waals surface area contributed by atoms with Crippen LogP contribution in [0.4, 0.5) is 4.39 Å². The van der Waals surface area contributed by atoms with Crippen LogP contribution in [0.25, 0.3) is 0 Å². The number of halogens is 1. The van der Waals surface area contributed by atoms with Gasteiger partial charge in [-0.1, -0.05) is 17.3 Å². The lowest BCUT2D eigenvalue weighted by atomic mass is 10.1. The predicted molar refractivity (Wildman–Crippen MR) is 65.5 cm³/mol. The van der Waals surface area contributed by atoms with Gasteiger partial charge in [0.2, 0.25) is 0 Å². The molecule has 0 heterocycles. The fraction of sp³-hybridized carbons (Fsp3) is 0.417. The molecule has 0 atom stereocenters. The number of rotatable bonds is 3. The summed E-state index contributed by atoms with van der Waals surface area (Å²) in [7, 11) is 0. The van der Waals surface area contributed by atoms with Crippen molar-refractivity contribution >= 4 is 5.84 Å². The molecule has 17 heavy (non-hydrogen) atoms. The van der Waals surface area contributed by atoms with Crippen LogP contribution in [-0.2, 0) is 6.54 Å². The lowest BCUT2D eigenvalue weighted by Gasteiger charge is -2.21. The van der Waals surface area contributed by atoms with Crippen LogP contribution in [0.5, 0.6) is 0 Å². The van der Waals surface area contributed by atoms with Crippen molar-refractivity contribution in [3.8, 4) is 0 Å². The van der Waals surface area contributed by atoms with E-state index >= 15 is 0 Å². The Morgan fingerprint density at radius 3 is 2.65 bits per heavy atom. The summed E-state index contributed by atoms with van der Waals surface area (Å²) in [5, 5.41) is 14.5. The highest BCUT2D eigenvalue weighted by molar-refractivity contribution is 5.97. The fourth-order valence-corrected chi connectivity index (χ4v) is 1.33. The minimum Gasteiger partial charge on any atom is -0.409 e. The van der Waals surface area contributed by atoms with Gasteiger partial charge in [0, 0.05) is 17.6 Å². The van der Waals surface area contributed by atoms with E-state index < -0.39 is 5.82 Å². The molecular weight excluding hydrogens is 221 g/mol. The van der Waals surface area contributed by atoms with Crippen molar-refractivity contribution in [3.05, 3.63) is 35.1 Å². The first-order chi connectivity index (χ1) is 7.85. The molecule has 4 N–H and O–H groups in total. The molecule has 0 aromatic heterocycles. The van der Waals surface area contributed by atoms with Gasteiger partial charge in [0.25, 0.3) is 0 Å². The Morgan fingerprint density at radius 1 is 1.47 bits per heavy atom. The van der Waals surface area contributed by atoms with Gasteiger partial charge in [-0.2, -0.15) is 0 Å². The van der Waals surface area contributed by atoms with E-state index in [1.807, 2.05) is 20.8 Å². The van der Waals surface area contributed by atoms with Crippen molar-refractivity contribution in [3.63, 3.8) is 0 Å². The van der Waals surface area contributed by atoms with Gasteiger partial charge in [-0.05, 0) is 26.8 Å². The maximum atomic E-state index is 14.0. The van der Waals surface area contributed by atoms with Gasteiger partial charge in [0.15, 0.2) is 5.84 Å². The normalized spacial score (nSPS) is 12.8. The number of benzene rings is 1. The summed E-state index contributed by atoms with van der Waals surface area (Å²) < 4.78 is 14.0. The topological polar surface area (TPSA) is 70.6 Å². The van der Waals surface area contributed by atoms with Gasteiger partial charge >= 0.3 is 0 Å². The summed E-state index contributed by atoms with van der Waals surface area (Å²) in [4.78, 5) is 0. The van der Waals surface area contributed by atoms with E-state index in [2.05, 4.69) is 10.5 Å². The third-order valence-corrected chi connectivity index (χ3v) is 2.27. The molecule has 0 radical (unpaired) electrons. The van der Waals surface area contributed by atoms with Gasteiger partial charge in [-0.15, -0.1) is 0 Å². The largest absolute Gasteiger partial charge is 0.409 e. The molecule has 1 rings (SSSR count). The minimum atomic E-state index is -0.459. The van der Waals surface area contributed by atoms with Crippen molar-refractivity contribution in [1.82, 2.24) is 5.32 Å². The minimum absolute atomic E-state index is 0.0982. The number of nitrogens with zero attached hydrogens (tertiary/aromatic N) is 1. The summed E-state index contributed by atoms with van der Waals surface area (Å²) in [5.74, 6) is -0.681. The van der Waals surface area contributed by atoms with E-state index in [0.717, 1.165) is 0 Å². The van der Waals surface area contributed by atoms with Crippen LogP contribution in [-0.4, -0.2) is 16.6 Å². The van der Waals surface area contributed by atoms with E-state index in [1.54, 1.807) is 12.1 Å². The first-order valence-corrected chi connectivity index (χ1v) is 5.35. The summed E-state index contributed by atoms with van der Waals surface area (Å²) in [6.45, 7) is 6.39. The first kappa shape index (κ1) is 13.4. The molecule has 0 aliphatic carbocycles. The molecule has 94 valence electrons. The monoisotopic (exact) mass is 239 g/mol. The van der Waals surface area contributed by atoms with Crippen molar-refractivity contribution in [2.75, 3.05) is 0 Å². The zero-order chi connectivity index (χ0) is 13.1. The molecule has 0 unspecified atom stereocenters. The first-order valence-electron chi connectivity index (χ1n) is 5.35. The van der Waals surface area contributed by atoms with E-state index in [-0.39, 0.29) is 16.9 Å². The second-order valence-corrected chi connectivity index (χ2v) is 4.87. The molecule has 1 aromatic rings. The number of amidine groups is 1. The van der Waals surface area contributed by atoms with Crippen molar-refractivity contribution in [1.29, 1.82) is 0 Å². The quantitative estimate of drug-likeness (QED) is 0.326. The summed E-state index contributed by atoms with van der Waals surface area (Å²) in [5.41, 5.74) is 5.89. The lowest BCUT2D eigenvalue weighted by Crippen LogP contribution is -2.35. The van der Waals surface area contributed by atoms with E-state index in [1.165, 1.54) is 6.07 Å². The Morgan fingerprint density at radius 2 is 2.12 bits per heavy atom. The van der Waals surface area contributed by atoms with Crippen LogP contribution >= 0.6 is 0 Å². The molecular formula is C12H18FN3O. The van der Waals surface area contributed by atoms with E-state index in [9.17, 15) is 4.39 Å². The highest BCUT2D eigenvalue weighted by Crippen LogP contribution is 2.14. The highest BCUT2D eigenvalue weighted by atomic mass is 19.1. The molecule has 0 aliphatic rings. The van der Waals surface area contributed by atoms with Crippen LogP contribution in [0.1, 0.15) is 31.9 Å². The Hall–Kier alpha value is -1.62. The Bertz CT molecular complexity index is 424. The highest BCUT2D eigenvalue weighted by Gasteiger charge is 2.14. The number of oxime groups is 1. The van der Waals surface area contributed by atoms with Crippen LogP contribution < -0.4 is 11.1 Å². The second-order valence-electron chi connectivity index (χ2n) is 4.87. The molecule has 0 aliphatic heterocycles. The van der Waals surface area contributed by atoms with Crippen molar-refractivity contribution in [2.24, 2.45) is 10.9 Å². The van der Waals surface area contributed by atoms with Crippen molar-refractivity contribution in [2.45, 2.75) is 32.9 Å². The maximum Gasteiger partial charge on any atom is 0.173 e. The van der Waals surface area contributed by atoms with Gasteiger partial charge in [0.05, 0.1) is 5.56 Å². The second kappa shape index (κ2) is 5.14. The average Bonchev–Trinajstić information content (AvgIpc) is 2.25. The zero-order valence-electron chi connectivity index (χ0n) is 10.3.